The molecule has 0 fully saturated rings. The van der Waals surface area contributed by atoms with E-state index in [0.717, 1.165) is 5.56 Å². The zero-order chi connectivity index (χ0) is 17.8. The van der Waals surface area contributed by atoms with Gasteiger partial charge in [-0.15, -0.1) is 0 Å². The van der Waals surface area contributed by atoms with Gasteiger partial charge in [0.1, 0.15) is 13.2 Å². The molecule has 2 aromatic rings. The molecule has 2 aromatic carbocycles. The van der Waals surface area contributed by atoms with Gasteiger partial charge in [0.25, 0.3) is 0 Å². The van der Waals surface area contributed by atoms with Crippen molar-refractivity contribution in [3.8, 4) is 17.2 Å². The summed E-state index contributed by atoms with van der Waals surface area (Å²) in [5.41, 5.74) is 1.24. The lowest BCUT2D eigenvalue weighted by molar-refractivity contribution is -0.111. The predicted octanol–water partition coefficient (Wildman–Crippen LogP) is 4.43. The quantitative estimate of drug-likeness (QED) is 0.798. The number of ether oxygens (including phenoxy) is 3. The Morgan fingerprint density at radius 3 is 2.76 bits per heavy atom. The Balaban J connectivity index is 1.76. The first-order chi connectivity index (χ1) is 12.1. The number of carbonyl (C=O) groups excluding carboxylic acids is 1. The molecule has 0 saturated carbocycles. The lowest BCUT2D eigenvalue weighted by Gasteiger charge is -2.20. The van der Waals surface area contributed by atoms with Gasteiger partial charge in [-0.1, -0.05) is 23.2 Å². The maximum absolute atomic E-state index is 12.1. The molecule has 0 aliphatic carbocycles. The van der Waals surface area contributed by atoms with E-state index < -0.39 is 0 Å². The van der Waals surface area contributed by atoms with Gasteiger partial charge in [-0.3, -0.25) is 4.79 Å². The fourth-order valence-electron chi connectivity index (χ4n) is 2.33. The SMILES string of the molecule is COc1cc(/C=C/C(=O)Nc2ccc(Cl)cc2Cl)cc2c1OCCO2. The number of methoxy groups -OCH3 is 1. The van der Waals surface area contributed by atoms with Crippen molar-refractivity contribution in [3.63, 3.8) is 0 Å². The van der Waals surface area contributed by atoms with Crippen molar-refractivity contribution in [3.05, 3.63) is 52.0 Å². The molecular weight excluding hydrogens is 365 g/mol. The zero-order valence-corrected chi connectivity index (χ0v) is 14.9. The summed E-state index contributed by atoms with van der Waals surface area (Å²) >= 11 is 11.9. The summed E-state index contributed by atoms with van der Waals surface area (Å²) in [6.45, 7) is 0.946. The Morgan fingerprint density at radius 1 is 1.20 bits per heavy atom. The summed E-state index contributed by atoms with van der Waals surface area (Å²) in [6, 6.07) is 8.42. The normalized spacial score (nSPS) is 12.9. The molecule has 0 spiro atoms. The van der Waals surface area contributed by atoms with Gasteiger partial charge in [-0.2, -0.15) is 0 Å². The van der Waals surface area contributed by atoms with E-state index in [9.17, 15) is 4.79 Å². The van der Waals surface area contributed by atoms with E-state index in [1.54, 1.807) is 43.5 Å². The number of rotatable bonds is 4. The first kappa shape index (κ1) is 17.5. The predicted molar refractivity (Wildman–Crippen MR) is 98.1 cm³/mol. The molecule has 3 rings (SSSR count). The molecule has 5 nitrogen and oxygen atoms in total. The molecule has 0 aromatic heterocycles. The highest BCUT2D eigenvalue weighted by Crippen LogP contribution is 2.40. The van der Waals surface area contributed by atoms with Crippen LogP contribution < -0.4 is 19.5 Å². The van der Waals surface area contributed by atoms with Crippen molar-refractivity contribution in [1.29, 1.82) is 0 Å². The lowest BCUT2D eigenvalue weighted by atomic mass is 10.1. The van der Waals surface area contributed by atoms with Crippen molar-refractivity contribution in [2.24, 2.45) is 0 Å². The van der Waals surface area contributed by atoms with Crippen LogP contribution in [0.4, 0.5) is 5.69 Å². The zero-order valence-electron chi connectivity index (χ0n) is 13.3. The molecule has 0 atom stereocenters. The molecule has 0 saturated heterocycles. The summed E-state index contributed by atoms with van der Waals surface area (Å²) in [6.07, 6.45) is 3.05. The summed E-state index contributed by atoms with van der Waals surface area (Å²) < 4.78 is 16.4. The van der Waals surface area contributed by atoms with Crippen LogP contribution in [0.1, 0.15) is 5.56 Å². The summed E-state index contributed by atoms with van der Waals surface area (Å²) in [5.74, 6) is 1.39. The summed E-state index contributed by atoms with van der Waals surface area (Å²) in [4.78, 5) is 12.1. The van der Waals surface area contributed by atoms with Crippen LogP contribution in [-0.4, -0.2) is 26.2 Å². The van der Waals surface area contributed by atoms with Gasteiger partial charge < -0.3 is 19.5 Å². The molecule has 1 amide bonds. The van der Waals surface area contributed by atoms with Gasteiger partial charge >= 0.3 is 0 Å². The van der Waals surface area contributed by atoms with E-state index in [2.05, 4.69) is 5.32 Å². The van der Waals surface area contributed by atoms with Crippen LogP contribution in [0.3, 0.4) is 0 Å². The molecule has 1 aliphatic rings. The van der Waals surface area contributed by atoms with E-state index in [4.69, 9.17) is 37.4 Å². The number of amides is 1. The van der Waals surface area contributed by atoms with E-state index in [-0.39, 0.29) is 5.91 Å². The Bertz CT molecular complexity index is 819. The fourth-order valence-corrected chi connectivity index (χ4v) is 2.78. The minimum atomic E-state index is -0.321. The van der Waals surface area contributed by atoms with Gasteiger partial charge in [0.2, 0.25) is 11.7 Å². The number of hydrogen-bond acceptors (Lipinski definition) is 4. The Morgan fingerprint density at radius 2 is 2.00 bits per heavy atom. The molecule has 7 heteroatoms. The van der Waals surface area contributed by atoms with Crippen LogP contribution in [0.2, 0.25) is 10.0 Å². The van der Waals surface area contributed by atoms with E-state index in [1.165, 1.54) is 6.08 Å². The second kappa shape index (κ2) is 7.68. The first-order valence-corrected chi connectivity index (χ1v) is 8.24. The molecule has 1 aliphatic heterocycles. The molecule has 0 bridgehead atoms. The van der Waals surface area contributed by atoms with E-state index in [1.807, 2.05) is 0 Å². The molecule has 25 heavy (non-hydrogen) atoms. The van der Waals surface area contributed by atoms with Crippen LogP contribution >= 0.6 is 23.2 Å². The molecule has 1 heterocycles. The number of benzene rings is 2. The second-order valence-corrected chi connectivity index (χ2v) is 6.04. The van der Waals surface area contributed by atoms with Crippen LogP contribution in [0.5, 0.6) is 17.2 Å². The second-order valence-electron chi connectivity index (χ2n) is 5.19. The minimum Gasteiger partial charge on any atom is -0.493 e. The molecule has 130 valence electrons. The van der Waals surface area contributed by atoms with Gasteiger partial charge in [0, 0.05) is 11.1 Å². The lowest BCUT2D eigenvalue weighted by Crippen LogP contribution is -2.16. The Labute approximate surface area is 155 Å². The number of nitrogens with one attached hydrogen (secondary N) is 1. The number of hydrogen-bond donors (Lipinski definition) is 1. The largest absolute Gasteiger partial charge is 0.493 e. The maximum atomic E-state index is 12.1. The van der Waals surface area contributed by atoms with Crippen LogP contribution in [-0.2, 0) is 4.79 Å². The first-order valence-electron chi connectivity index (χ1n) is 7.48. The highest BCUT2D eigenvalue weighted by Gasteiger charge is 2.17. The van der Waals surface area contributed by atoms with Gasteiger partial charge in [-0.25, -0.2) is 0 Å². The number of fused-ring (bicyclic) bond motifs is 1. The third kappa shape index (κ3) is 4.18. The van der Waals surface area contributed by atoms with Crippen molar-refractivity contribution in [2.75, 3.05) is 25.6 Å². The van der Waals surface area contributed by atoms with Crippen LogP contribution in [0.15, 0.2) is 36.4 Å². The molecule has 0 unspecified atom stereocenters. The summed E-state index contributed by atoms with van der Waals surface area (Å²) in [7, 11) is 1.55. The third-order valence-corrected chi connectivity index (χ3v) is 4.01. The maximum Gasteiger partial charge on any atom is 0.248 e. The fraction of sp³-hybridized carbons (Fsp3) is 0.167. The standard InChI is InChI=1S/C18H15Cl2NO4/c1-23-15-8-11(9-16-18(15)25-7-6-24-16)2-5-17(22)21-14-4-3-12(19)10-13(14)20/h2-5,8-10H,6-7H2,1H3,(H,21,22)/b5-2+. The van der Waals surface area contributed by atoms with Gasteiger partial charge in [0.05, 0.1) is 17.8 Å². The monoisotopic (exact) mass is 379 g/mol. The Kier molecular flexibility index (Phi) is 5.36. The van der Waals surface area contributed by atoms with Crippen LogP contribution in [0, 0.1) is 0 Å². The van der Waals surface area contributed by atoms with Crippen molar-refractivity contribution < 1.29 is 19.0 Å². The summed E-state index contributed by atoms with van der Waals surface area (Å²) in [5, 5.41) is 3.57. The van der Waals surface area contributed by atoms with Crippen molar-refractivity contribution >= 4 is 40.9 Å². The van der Waals surface area contributed by atoms with Crippen molar-refractivity contribution in [2.45, 2.75) is 0 Å². The van der Waals surface area contributed by atoms with E-state index >= 15 is 0 Å². The average Bonchev–Trinajstić information content (AvgIpc) is 2.61. The smallest absolute Gasteiger partial charge is 0.248 e. The molecular formula is C18H15Cl2NO4. The highest BCUT2D eigenvalue weighted by atomic mass is 35.5. The molecule has 0 radical (unpaired) electrons. The minimum absolute atomic E-state index is 0.321. The average molecular weight is 380 g/mol. The number of carbonyl (C=O) groups is 1. The number of halogens is 2. The third-order valence-electron chi connectivity index (χ3n) is 3.47. The van der Waals surface area contributed by atoms with Crippen molar-refractivity contribution in [1.82, 2.24) is 0 Å². The Hall–Kier alpha value is -2.37. The van der Waals surface area contributed by atoms with Gasteiger partial charge in [0.15, 0.2) is 11.5 Å². The van der Waals surface area contributed by atoms with E-state index in [0.29, 0.717) is 46.2 Å². The highest BCUT2D eigenvalue weighted by molar-refractivity contribution is 6.36. The number of anilines is 1. The topological polar surface area (TPSA) is 56.8 Å². The van der Waals surface area contributed by atoms with Gasteiger partial charge in [-0.05, 0) is 42.0 Å². The van der Waals surface area contributed by atoms with Crippen LogP contribution in [0.25, 0.3) is 6.08 Å². The molecule has 1 N–H and O–H groups in total.